The van der Waals surface area contributed by atoms with Crippen molar-refractivity contribution in [1.29, 1.82) is 0 Å². The van der Waals surface area contributed by atoms with Gasteiger partial charge in [0.25, 0.3) is 20.0 Å². The zero-order chi connectivity index (χ0) is 39.3. The number of carbonyl (C=O) groups excluding carboxylic acids is 1. The fraction of sp³-hybridized carbons (Fsp3) is 0.0513. The number of fused-ring (bicyclic) bond motifs is 2. The monoisotopic (exact) mass is 818 g/mol. The zero-order valence-electron chi connectivity index (χ0n) is 30.0. The molecule has 0 aliphatic heterocycles. The average Bonchev–Trinajstić information content (AvgIpc) is 3.85. The molecule has 4 aromatic heterocycles. The third-order valence-corrected chi connectivity index (χ3v) is 11.9. The van der Waals surface area contributed by atoms with Crippen LogP contribution in [-0.4, -0.2) is 50.7 Å². The van der Waals surface area contributed by atoms with E-state index in [1.165, 1.54) is 30.5 Å². The summed E-state index contributed by atoms with van der Waals surface area (Å²) in [5, 5.41) is 12.4. The summed E-state index contributed by atoms with van der Waals surface area (Å²) in [4.78, 5) is 28.9. The molecular weight excluding hydrogens is 790 g/mol. The summed E-state index contributed by atoms with van der Waals surface area (Å²) in [5.41, 5.74) is 0.896. The molecule has 0 unspecified atom stereocenters. The quantitative estimate of drug-likeness (QED) is 0.166. The summed E-state index contributed by atoms with van der Waals surface area (Å²) in [6.07, 6.45) is 1.45. The summed E-state index contributed by atoms with van der Waals surface area (Å²) >= 11 is 12.5. The average molecular weight is 820 g/mol. The first-order valence-electron chi connectivity index (χ1n) is 16.5. The van der Waals surface area contributed by atoms with Crippen molar-refractivity contribution >= 4 is 71.3 Å². The van der Waals surface area contributed by atoms with Crippen LogP contribution in [0.2, 0.25) is 10.3 Å². The van der Waals surface area contributed by atoms with Gasteiger partial charge >= 0.3 is 18.9 Å². The first-order chi connectivity index (χ1) is 26.5. The van der Waals surface area contributed by atoms with E-state index in [4.69, 9.17) is 23.2 Å². The topological polar surface area (TPSA) is 170 Å². The second-order valence-corrected chi connectivity index (χ2v) is 15.5. The van der Waals surface area contributed by atoms with Crippen molar-refractivity contribution in [3.63, 3.8) is 0 Å². The maximum Gasteiger partial charge on any atom is 1.00 e. The van der Waals surface area contributed by atoms with Crippen molar-refractivity contribution in [2.45, 2.75) is 23.6 Å². The Balaban J connectivity index is 0.000000203. The van der Waals surface area contributed by atoms with Crippen LogP contribution in [0.15, 0.2) is 149 Å². The Labute approximate surface area is 344 Å². The largest absolute Gasteiger partial charge is 1.00 e. The maximum atomic E-state index is 13.2. The zero-order valence-corrected chi connectivity index (χ0v) is 33.1. The van der Waals surface area contributed by atoms with Gasteiger partial charge in [0.1, 0.15) is 10.3 Å². The van der Waals surface area contributed by atoms with E-state index >= 15 is 0 Å². The molecule has 0 aliphatic carbocycles. The molecule has 0 radical (unpaired) electrons. The summed E-state index contributed by atoms with van der Waals surface area (Å²) < 4.78 is 53.9. The molecule has 4 aromatic carbocycles. The summed E-state index contributed by atoms with van der Waals surface area (Å²) in [6.45, 7) is 4.00. The minimum absolute atomic E-state index is 0. The van der Waals surface area contributed by atoms with E-state index in [0.29, 0.717) is 20.7 Å². The van der Waals surface area contributed by atoms with Gasteiger partial charge in [-0.05, 0) is 36.4 Å². The smallest absolute Gasteiger partial charge is 0.543 e. The van der Waals surface area contributed by atoms with Crippen LogP contribution in [0.1, 0.15) is 24.3 Å². The van der Waals surface area contributed by atoms with Crippen LogP contribution in [0.25, 0.3) is 44.8 Å². The minimum atomic E-state index is -4.27. The van der Waals surface area contributed by atoms with Crippen molar-refractivity contribution in [2.24, 2.45) is 0 Å². The van der Waals surface area contributed by atoms with Crippen molar-refractivity contribution in [1.82, 2.24) is 27.9 Å². The molecule has 8 rings (SSSR count). The Bertz CT molecular complexity index is 2860. The van der Waals surface area contributed by atoms with E-state index in [-0.39, 0.29) is 61.5 Å². The maximum absolute atomic E-state index is 13.2. The normalized spacial score (nSPS) is 11.1. The van der Waals surface area contributed by atoms with Crippen LogP contribution in [0.5, 0.6) is 0 Å². The van der Waals surface area contributed by atoms with Crippen LogP contribution in [0.3, 0.4) is 0 Å². The molecule has 0 amide bonds. The minimum Gasteiger partial charge on any atom is -0.543 e. The number of carboxylic acid groups (broad SMARTS) is 1. The molecule has 0 spiro atoms. The molecule has 4 heterocycles. The molecule has 0 fully saturated rings. The van der Waals surface area contributed by atoms with Crippen molar-refractivity contribution in [2.75, 3.05) is 0 Å². The molecule has 12 nitrogen and oxygen atoms in total. The number of hydrogen-bond acceptors (Lipinski definition) is 10. The molecule has 0 saturated heterocycles. The Hall–Kier alpha value is -5.33. The van der Waals surface area contributed by atoms with Crippen LogP contribution in [-0.2, 0) is 20.0 Å². The second kappa shape index (κ2) is 17.6. The Morgan fingerprint density at radius 2 is 0.982 bits per heavy atom. The Kier molecular flexibility index (Phi) is 13.2. The molecule has 0 atom stereocenters. The number of hydrogen-bond donors (Lipinski definition) is 0. The number of halogens is 2. The van der Waals surface area contributed by atoms with Gasteiger partial charge in [0.2, 0.25) is 0 Å². The second-order valence-electron chi connectivity index (χ2n) is 11.2. The molecule has 8 aromatic rings. The van der Waals surface area contributed by atoms with Crippen LogP contribution in [0.4, 0.5) is 0 Å². The Morgan fingerprint density at radius 3 is 1.45 bits per heavy atom. The molecular formula is C39H29Cl2LiN6O6S2. The summed E-state index contributed by atoms with van der Waals surface area (Å²) in [5.74, 6) is -1.12. The number of carboxylic acids is 1. The van der Waals surface area contributed by atoms with Crippen molar-refractivity contribution in [3.05, 3.63) is 156 Å². The molecule has 278 valence electrons. The number of aromatic carboxylic acids is 1. The van der Waals surface area contributed by atoms with Gasteiger partial charge in [-0.1, -0.05) is 134 Å². The van der Waals surface area contributed by atoms with E-state index < -0.39 is 31.7 Å². The van der Waals surface area contributed by atoms with Crippen molar-refractivity contribution < 1.29 is 45.6 Å². The van der Waals surface area contributed by atoms with Gasteiger partial charge < -0.3 is 9.90 Å². The first-order valence-corrected chi connectivity index (χ1v) is 20.2. The SMILES string of the molecule is CC.O=C([O-])c1cc2c(Cl)nc(-c3ccccc3)nc2n1S(=O)(=O)c1ccccc1.O=S(=O)(c1ccccc1)n1ccc2c(Cl)nc(-c3ccccc3)nc21.[Li+]. The van der Waals surface area contributed by atoms with Gasteiger partial charge in [0, 0.05) is 17.3 Å². The summed E-state index contributed by atoms with van der Waals surface area (Å²) in [6, 6.07) is 36.4. The standard InChI is InChI=1S/C19H12ClN3O4S.C18H12ClN3O2S.C2H6.Li/c20-16-14-11-15(19(24)25)23(28(26,27)13-9-5-2-6-10-13)18(14)22-17(21-16)12-7-3-1-4-8-12;19-16-15-11-12-22(25(23,24)14-9-5-2-6-10-14)18(15)21-17(20-16)13-7-3-1-4-8-13;1-2;/h1-11H,(H,24,25);1-12H;1-2H3;/q;;;+1/p-1. The van der Waals surface area contributed by atoms with Gasteiger partial charge in [-0.3, -0.25) is 0 Å². The fourth-order valence-corrected chi connectivity index (χ4v) is 8.62. The molecule has 0 aliphatic rings. The predicted molar refractivity (Wildman–Crippen MR) is 210 cm³/mol. The number of aromatic nitrogens is 6. The molecule has 0 bridgehead atoms. The third kappa shape index (κ3) is 8.27. The Morgan fingerprint density at radius 1 is 0.571 bits per heavy atom. The fourth-order valence-electron chi connectivity index (χ4n) is 5.39. The van der Waals surface area contributed by atoms with Gasteiger partial charge in [0.15, 0.2) is 22.9 Å². The first kappa shape index (κ1) is 41.8. The van der Waals surface area contributed by atoms with Crippen LogP contribution < -0.4 is 24.0 Å². The number of nitrogens with zero attached hydrogens (tertiary/aromatic N) is 6. The number of benzene rings is 4. The van der Waals surface area contributed by atoms with Crippen LogP contribution >= 0.6 is 23.2 Å². The molecule has 17 heteroatoms. The van der Waals surface area contributed by atoms with Gasteiger partial charge in [-0.25, -0.2) is 44.7 Å². The molecule has 0 N–H and O–H groups in total. The van der Waals surface area contributed by atoms with E-state index in [1.807, 2.05) is 44.2 Å². The third-order valence-electron chi connectivity index (χ3n) is 7.89. The van der Waals surface area contributed by atoms with E-state index in [1.54, 1.807) is 72.8 Å². The van der Waals surface area contributed by atoms with Gasteiger partial charge in [-0.2, -0.15) is 0 Å². The van der Waals surface area contributed by atoms with E-state index in [2.05, 4.69) is 19.9 Å². The van der Waals surface area contributed by atoms with Gasteiger partial charge in [-0.15, -0.1) is 0 Å². The number of rotatable bonds is 7. The number of carbonyl (C=O) groups is 1. The van der Waals surface area contributed by atoms with E-state index in [9.17, 15) is 26.7 Å². The summed E-state index contributed by atoms with van der Waals surface area (Å²) in [7, 11) is -8.04. The van der Waals surface area contributed by atoms with E-state index in [0.717, 1.165) is 15.6 Å². The van der Waals surface area contributed by atoms with Crippen LogP contribution in [0, 0.1) is 0 Å². The van der Waals surface area contributed by atoms with Gasteiger partial charge in [0.05, 0.1) is 32.2 Å². The molecule has 0 saturated carbocycles. The molecule has 56 heavy (non-hydrogen) atoms. The predicted octanol–water partition coefficient (Wildman–Crippen LogP) is 4.37. The van der Waals surface area contributed by atoms with Crippen molar-refractivity contribution in [3.8, 4) is 22.8 Å².